The molecule has 0 aliphatic rings. The van der Waals surface area contributed by atoms with Crippen molar-refractivity contribution in [3.63, 3.8) is 0 Å². The first-order valence-electron chi connectivity index (χ1n) is 6.87. The lowest BCUT2D eigenvalue weighted by molar-refractivity contribution is 0.0945. The maximum absolute atomic E-state index is 12.3. The molecule has 0 heterocycles. The van der Waals surface area contributed by atoms with E-state index in [-0.39, 0.29) is 10.6 Å². The number of sulfonamides is 1. The second-order valence-corrected chi connectivity index (χ2v) is 6.73. The van der Waals surface area contributed by atoms with Gasteiger partial charge in [0.05, 0.1) is 7.11 Å². The van der Waals surface area contributed by atoms with Crippen LogP contribution in [-0.2, 0) is 10.0 Å². The molecule has 0 bridgehead atoms. The zero-order valence-corrected chi connectivity index (χ0v) is 13.9. The Bertz CT molecular complexity index is 814. The van der Waals surface area contributed by atoms with E-state index < -0.39 is 15.9 Å². The van der Waals surface area contributed by atoms with Crippen LogP contribution >= 0.6 is 0 Å². The van der Waals surface area contributed by atoms with Gasteiger partial charge in [0.25, 0.3) is 15.9 Å². The molecule has 122 valence electrons. The molecule has 0 saturated carbocycles. The Morgan fingerprint density at radius 2 is 1.61 bits per heavy atom. The number of hydrazine groups is 1. The number of nitrogens with one attached hydrogen (secondary N) is 2. The quantitative estimate of drug-likeness (QED) is 0.819. The second-order valence-electron chi connectivity index (χ2n) is 5.08. The fraction of sp³-hybridized carbons (Fsp3) is 0.188. The smallest absolute Gasteiger partial charge is 0.266 e. The van der Waals surface area contributed by atoms with Crippen molar-refractivity contribution in [3.8, 4) is 5.75 Å². The number of aryl methyl sites for hydroxylation is 2. The molecule has 0 fully saturated rings. The molecule has 1 amide bonds. The van der Waals surface area contributed by atoms with E-state index in [4.69, 9.17) is 4.74 Å². The molecule has 0 radical (unpaired) electrons. The van der Waals surface area contributed by atoms with Crippen molar-refractivity contribution < 1.29 is 17.9 Å². The fourth-order valence-corrected chi connectivity index (χ4v) is 3.03. The van der Waals surface area contributed by atoms with Crippen LogP contribution in [0, 0.1) is 13.8 Å². The summed E-state index contributed by atoms with van der Waals surface area (Å²) in [5, 5.41) is 0. The Kier molecular flexibility index (Phi) is 5.02. The normalized spacial score (nSPS) is 11.1. The molecule has 0 atom stereocenters. The van der Waals surface area contributed by atoms with Gasteiger partial charge >= 0.3 is 0 Å². The number of rotatable bonds is 5. The number of hydrogen-bond donors (Lipinski definition) is 2. The predicted molar refractivity (Wildman–Crippen MR) is 86.7 cm³/mol. The number of hydrogen-bond acceptors (Lipinski definition) is 4. The lowest BCUT2D eigenvalue weighted by Gasteiger charge is -2.12. The first-order valence-corrected chi connectivity index (χ1v) is 8.35. The number of benzene rings is 2. The molecule has 0 aromatic heterocycles. The minimum absolute atomic E-state index is 0.0378. The van der Waals surface area contributed by atoms with Gasteiger partial charge in [-0.25, -0.2) is 8.42 Å². The maximum atomic E-state index is 12.3. The summed E-state index contributed by atoms with van der Waals surface area (Å²) < 4.78 is 29.8. The first kappa shape index (κ1) is 17.0. The Labute approximate surface area is 135 Å². The minimum Gasteiger partial charge on any atom is -0.495 e. The van der Waals surface area contributed by atoms with Crippen molar-refractivity contribution in [2.24, 2.45) is 0 Å². The molecular formula is C16H18N2O4S. The Hall–Kier alpha value is -2.38. The lowest BCUT2D eigenvalue weighted by atomic mass is 10.1. The summed E-state index contributed by atoms with van der Waals surface area (Å²) in [6.07, 6.45) is 0. The summed E-state index contributed by atoms with van der Waals surface area (Å²) >= 11 is 0. The third-order valence-electron chi connectivity index (χ3n) is 3.22. The van der Waals surface area contributed by atoms with Crippen molar-refractivity contribution in [2.45, 2.75) is 18.7 Å². The molecule has 6 nitrogen and oxygen atoms in total. The van der Waals surface area contributed by atoms with E-state index in [1.807, 2.05) is 6.92 Å². The highest BCUT2D eigenvalue weighted by atomic mass is 32.2. The predicted octanol–water partition coefficient (Wildman–Crippen LogP) is 1.94. The van der Waals surface area contributed by atoms with Gasteiger partial charge in [0.15, 0.2) is 0 Å². The van der Waals surface area contributed by atoms with E-state index in [1.54, 1.807) is 43.3 Å². The molecular weight excluding hydrogens is 316 g/mol. The molecule has 0 unspecified atom stereocenters. The highest BCUT2D eigenvalue weighted by Crippen LogP contribution is 2.24. The van der Waals surface area contributed by atoms with Crippen LogP contribution in [0.15, 0.2) is 47.4 Å². The molecule has 2 aromatic carbocycles. The van der Waals surface area contributed by atoms with E-state index in [2.05, 4.69) is 10.3 Å². The third kappa shape index (κ3) is 4.08. The molecule has 2 aromatic rings. The van der Waals surface area contributed by atoms with E-state index in [1.165, 1.54) is 13.2 Å². The number of carbonyl (C=O) groups is 1. The molecule has 23 heavy (non-hydrogen) atoms. The molecule has 0 spiro atoms. The summed E-state index contributed by atoms with van der Waals surface area (Å²) in [5.74, 6) is -0.340. The molecule has 2 N–H and O–H groups in total. The van der Waals surface area contributed by atoms with Crippen LogP contribution in [0.4, 0.5) is 0 Å². The highest BCUT2D eigenvalue weighted by molar-refractivity contribution is 7.89. The number of amides is 1. The Balaban J connectivity index is 2.17. The largest absolute Gasteiger partial charge is 0.495 e. The van der Waals surface area contributed by atoms with Gasteiger partial charge in [0.2, 0.25) is 0 Å². The van der Waals surface area contributed by atoms with Gasteiger partial charge < -0.3 is 4.74 Å². The van der Waals surface area contributed by atoms with E-state index in [0.717, 1.165) is 11.1 Å². The summed E-state index contributed by atoms with van der Waals surface area (Å²) in [5.41, 5.74) is 4.32. The van der Waals surface area contributed by atoms with Gasteiger partial charge in [-0.15, -0.1) is 4.83 Å². The molecule has 7 heteroatoms. The summed E-state index contributed by atoms with van der Waals surface area (Å²) in [4.78, 5) is 14.0. The van der Waals surface area contributed by atoms with Gasteiger partial charge in [-0.2, -0.15) is 0 Å². The van der Waals surface area contributed by atoms with Crippen LogP contribution in [0.25, 0.3) is 0 Å². The van der Waals surface area contributed by atoms with Crippen LogP contribution in [0.5, 0.6) is 5.75 Å². The zero-order valence-electron chi connectivity index (χ0n) is 13.1. The fourth-order valence-electron chi connectivity index (χ4n) is 1.94. The summed E-state index contributed by atoms with van der Waals surface area (Å²) in [7, 11) is -2.56. The van der Waals surface area contributed by atoms with Crippen LogP contribution in [0.3, 0.4) is 0 Å². The van der Waals surface area contributed by atoms with Gasteiger partial charge in [-0.05, 0) is 43.7 Å². The lowest BCUT2D eigenvalue weighted by Crippen LogP contribution is -2.41. The van der Waals surface area contributed by atoms with Gasteiger partial charge in [-0.1, -0.05) is 23.8 Å². The van der Waals surface area contributed by atoms with Crippen LogP contribution in [-0.4, -0.2) is 21.4 Å². The topological polar surface area (TPSA) is 84.5 Å². The number of ether oxygens (including phenoxy) is 1. The van der Waals surface area contributed by atoms with Crippen molar-refractivity contribution in [1.29, 1.82) is 0 Å². The molecule has 0 saturated heterocycles. The minimum atomic E-state index is -3.94. The summed E-state index contributed by atoms with van der Waals surface area (Å²) in [6, 6.07) is 11.5. The van der Waals surface area contributed by atoms with E-state index in [9.17, 15) is 13.2 Å². The van der Waals surface area contributed by atoms with Crippen molar-refractivity contribution in [1.82, 2.24) is 10.3 Å². The van der Waals surface area contributed by atoms with E-state index >= 15 is 0 Å². The Morgan fingerprint density at radius 1 is 1.00 bits per heavy atom. The monoisotopic (exact) mass is 334 g/mol. The number of methoxy groups -OCH3 is 1. The van der Waals surface area contributed by atoms with Crippen LogP contribution in [0.2, 0.25) is 0 Å². The Morgan fingerprint density at radius 3 is 2.22 bits per heavy atom. The van der Waals surface area contributed by atoms with Crippen LogP contribution in [0.1, 0.15) is 21.5 Å². The number of carbonyl (C=O) groups excluding carboxylic acids is 1. The second kappa shape index (κ2) is 6.80. The molecule has 0 aliphatic heterocycles. The molecule has 0 aliphatic carbocycles. The van der Waals surface area contributed by atoms with Gasteiger partial charge in [-0.3, -0.25) is 10.2 Å². The summed E-state index contributed by atoms with van der Waals surface area (Å²) in [6.45, 7) is 3.66. The average Bonchev–Trinajstić information content (AvgIpc) is 2.53. The van der Waals surface area contributed by atoms with Crippen molar-refractivity contribution in [2.75, 3.05) is 7.11 Å². The zero-order chi connectivity index (χ0) is 17.0. The average molecular weight is 334 g/mol. The SMILES string of the molecule is COc1ccc(C)cc1S(=O)(=O)NNC(=O)c1ccc(C)cc1. The highest BCUT2D eigenvalue weighted by Gasteiger charge is 2.20. The van der Waals surface area contributed by atoms with Crippen LogP contribution < -0.4 is 15.0 Å². The molecule has 2 rings (SSSR count). The first-order chi connectivity index (χ1) is 10.8. The van der Waals surface area contributed by atoms with Gasteiger partial charge in [0.1, 0.15) is 10.6 Å². The van der Waals surface area contributed by atoms with E-state index in [0.29, 0.717) is 5.56 Å². The standard InChI is InChI=1S/C16H18N2O4S/c1-11-4-7-13(8-5-11)16(19)17-18-23(20,21)15-10-12(2)6-9-14(15)22-3/h4-10,18H,1-3H3,(H,17,19). The van der Waals surface area contributed by atoms with Crippen molar-refractivity contribution >= 4 is 15.9 Å². The van der Waals surface area contributed by atoms with Gasteiger partial charge in [0, 0.05) is 5.56 Å². The maximum Gasteiger partial charge on any atom is 0.266 e. The third-order valence-corrected chi connectivity index (χ3v) is 4.49. The van der Waals surface area contributed by atoms with Crippen molar-refractivity contribution in [3.05, 3.63) is 59.2 Å².